The first-order valence-corrected chi connectivity index (χ1v) is 6.76. The molecule has 2 aromatic rings. The molecule has 5 nitrogen and oxygen atoms in total. The molecule has 0 amide bonds. The quantitative estimate of drug-likeness (QED) is 0.885. The summed E-state index contributed by atoms with van der Waals surface area (Å²) in [5, 5.41) is 28.2. The van der Waals surface area contributed by atoms with Crippen LogP contribution in [0.5, 0.6) is 11.5 Å². The van der Waals surface area contributed by atoms with Crippen molar-refractivity contribution in [2.75, 3.05) is 0 Å². The molecule has 0 aromatic heterocycles. The topological polar surface area (TPSA) is 90.5 Å². The summed E-state index contributed by atoms with van der Waals surface area (Å²) in [6, 6.07) is 10.4. The van der Waals surface area contributed by atoms with Crippen molar-refractivity contribution in [3.8, 4) is 17.6 Å². The first-order valence-electron chi connectivity index (χ1n) is 6.00. The third kappa shape index (κ3) is 3.25. The largest absolute Gasteiger partial charge is 0.508 e. The fraction of sp³-hybridized carbons (Fsp3) is 0.0667. The average Bonchev–Trinajstić information content (AvgIpc) is 2.45. The Balaban J connectivity index is 2.49. The van der Waals surface area contributed by atoms with Gasteiger partial charge in [0.1, 0.15) is 23.1 Å². The van der Waals surface area contributed by atoms with E-state index in [-0.39, 0.29) is 32.7 Å². The number of benzene rings is 2. The zero-order valence-electron chi connectivity index (χ0n) is 11.0. The van der Waals surface area contributed by atoms with E-state index in [1.54, 1.807) is 12.1 Å². The smallest absolute Gasteiger partial charge is 0.349 e. The second-order valence-electron chi connectivity index (χ2n) is 4.27. The molecule has 0 bridgehead atoms. The summed E-state index contributed by atoms with van der Waals surface area (Å²) in [5.41, 5.74) is 0.151. The molecular weight excluding hydrogens is 329 g/mol. The van der Waals surface area contributed by atoms with E-state index in [1.165, 1.54) is 12.1 Å². The molecule has 1 atom stereocenters. The summed E-state index contributed by atoms with van der Waals surface area (Å²) in [6.07, 6.45) is -1.45. The fourth-order valence-corrected chi connectivity index (χ4v) is 2.31. The highest BCUT2D eigenvalue weighted by atomic mass is 35.5. The molecule has 0 aliphatic heterocycles. The van der Waals surface area contributed by atoms with Gasteiger partial charge in [-0.25, -0.2) is 4.79 Å². The molecule has 2 aromatic carbocycles. The molecule has 0 fully saturated rings. The minimum Gasteiger partial charge on any atom is -0.508 e. The van der Waals surface area contributed by atoms with Gasteiger partial charge < -0.3 is 14.9 Å². The highest BCUT2D eigenvalue weighted by molar-refractivity contribution is 6.32. The minimum absolute atomic E-state index is 0.0409. The van der Waals surface area contributed by atoms with Gasteiger partial charge in [-0.3, -0.25) is 0 Å². The lowest BCUT2D eigenvalue weighted by molar-refractivity contribution is -0.145. The lowest BCUT2D eigenvalue weighted by Gasteiger charge is -2.18. The van der Waals surface area contributed by atoms with Crippen molar-refractivity contribution in [3.05, 3.63) is 57.6 Å². The van der Waals surface area contributed by atoms with Crippen molar-refractivity contribution in [2.45, 2.75) is 6.10 Å². The van der Waals surface area contributed by atoms with E-state index < -0.39 is 12.1 Å². The molecule has 112 valence electrons. The number of hydrogen-bond donors (Lipinski definition) is 2. The van der Waals surface area contributed by atoms with Crippen LogP contribution < -0.4 is 4.74 Å². The summed E-state index contributed by atoms with van der Waals surface area (Å²) in [5.74, 6) is -1.68. The molecule has 7 heteroatoms. The van der Waals surface area contributed by atoms with Gasteiger partial charge in [-0.2, -0.15) is 5.26 Å². The normalized spacial score (nSPS) is 11.5. The Hall–Kier alpha value is -2.42. The number of aliphatic carboxylic acids is 1. The van der Waals surface area contributed by atoms with Crippen LogP contribution in [-0.2, 0) is 4.79 Å². The molecule has 0 heterocycles. The average molecular weight is 338 g/mol. The third-order valence-corrected chi connectivity index (χ3v) is 3.45. The zero-order valence-corrected chi connectivity index (χ0v) is 12.5. The van der Waals surface area contributed by atoms with E-state index in [0.29, 0.717) is 0 Å². The Morgan fingerprint density at radius 2 is 1.91 bits per heavy atom. The molecule has 2 N–H and O–H groups in total. The van der Waals surface area contributed by atoms with Crippen molar-refractivity contribution in [1.82, 2.24) is 0 Å². The predicted molar refractivity (Wildman–Crippen MR) is 80.3 cm³/mol. The maximum atomic E-state index is 11.5. The van der Waals surface area contributed by atoms with Gasteiger partial charge in [-0.1, -0.05) is 41.4 Å². The predicted octanol–water partition coefficient (Wildman–Crippen LogP) is 3.78. The van der Waals surface area contributed by atoms with Crippen molar-refractivity contribution in [2.24, 2.45) is 0 Å². The van der Waals surface area contributed by atoms with Crippen molar-refractivity contribution < 1.29 is 19.7 Å². The zero-order chi connectivity index (χ0) is 16.3. The van der Waals surface area contributed by atoms with Crippen LogP contribution in [0.2, 0.25) is 10.0 Å². The number of carboxylic acid groups (broad SMARTS) is 1. The molecule has 1 unspecified atom stereocenters. The summed E-state index contributed by atoms with van der Waals surface area (Å²) >= 11 is 11.8. The van der Waals surface area contributed by atoms with Gasteiger partial charge in [0.05, 0.1) is 5.02 Å². The number of carbonyl (C=O) groups is 1. The van der Waals surface area contributed by atoms with Crippen LogP contribution in [0.1, 0.15) is 17.2 Å². The molecular formula is C15H9Cl2NO4. The molecule has 0 aliphatic carbocycles. The first kappa shape index (κ1) is 16.0. The van der Waals surface area contributed by atoms with E-state index in [1.807, 2.05) is 6.07 Å². The van der Waals surface area contributed by atoms with Crippen LogP contribution in [0.3, 0.4) is 0 Å². The van der Waals surface area contributed by atoms with Crippen LogP contribution in [0.15, 0.2) is 36.4 Å². The molecule has 0 radical (unpaired) electrons. The van der Waals surface area contributed by atoms with Gasteiger partial charge in [-0.05, 0) is 6.07 Å². The van der Waals surface area contributed by atoms with Crippen LogP contribution in [0.4, 0.5) is 0 Å². The number of carboxylic acids is 1. The van der Waals surface area contributed by atoms with E-state index in [9.17, 15) is 15.0 Å². The van der Waals surface area contributed by atoms with Gasteiger partial charge in [0.2, 0.25) is 6.10 Å². The Morgan fingerprint density at radius 3 is 2.50 bits per heavy atom. The first-order chi connectivity index (χ1) is 10.4. The van der Waals surface area contributed by atoms with E-state index in [0.717, 1.165) is 12.1 Å². The van der Waals surface area contributed by atoms with Crippen molar-refractivity contribution in [1.29, 1.82) is 5.26 Å². The molecule has 22 heavy (non-hydrogen) atoms. The number of ether oxygens (including phenoxy) is 1. The number of nitrogens with zero attached hydrogens (tertiary/aromatic N) is 1. The summed E-state index contributed by atoms with van der Waals surface area (Å²) in [7, 11) is 0. The van der Waals surface area contributed by atoms with E-state index in [2.05, 4.69) is 0 Å². The second kappa shape index (κ2) is 6.56. The van der Waals surface area contributed by atoms with Crippen LogP contribution in [-0.4, -0.2) is 16.2 Å². The lowest BCUT2D eigenvalue weighted by atomic mass is 10.1. The maximum absolute atomic E-state index is 11.5. The second-order valence-corrected chi connectivity index (χ2v) is 5.08. The minimum atomic E-state index is -1.45. The fourth-order valence-electron chi connectivity index (χ4n) is 1.83. The van der Waals surface area contributed by atoms with Crippen LogP contribution >= 0.6 is 23.2 Å². The number of phenolic OH excluding ortho intramolecular Hbond substituents is 1. The van der Waals surface area contributed by atoms with Crippen LogP contribution in [0.25, 0.3) is 0 Å². The van der Waals surface area contributed by atoms with Gasteiger partial charge in [0.25, 0.3) is 0 Å². The number of phenols is 1. The molecule has 0 saturated heterocycles. The highest BCUT2D eigenvalue weighted by Gasteiger charge is 2.26. The monoisotopic (exact) mass is 337 g/mol. The summed E-state index contributed by atoms with van der Waals surface area (Å²) in [6.45, 7) is 0. The third-order valence-electron chi connectivity index (χ3n) is 2.81. The Morgan fingerprint density at radius 1 is 1.23 bits per heavy atom. The van der Waals surface area contributed by atoms with Gasteiger partial charge in [0, 0.05) is 22.7 Å². The van der Waals surface area contributed by atoms with Gasteiger partial charge >= 0.3 is 5.97 Å². The number of aromatic hydroxyl groups is 1. The SMILES string of the molecule is N#Cc1c(Cl)cc(O)cc1OC(C(=O)O)c1ccccc1Cl. The van der Waals surface area contributed by atoms with Crippen LogP contribution in [0, 0.1) is 11.3 Å². The maximum Gasteiger partial charge on any atom is 0.349 e. The Labute approximate surface area is 135 Å². The number of nitriles is 1. The van der Waals surface area contributed by atoms with Gasteiger partial charge in [-0.15, -0.1) is 0 Å². The molecule has 0 spiro atoms. The Kier molecular flexibility index (Phi) is 4.76. The molecule has 0 aliphatic rings. The standard InChI is InChI=1S/C15H9Cl2NO4/c16-11-4-2-1-3-9(11)14(15(20)21)22-13-6-8(19)5-12(17)10(13)7-18/h1-6,14,19H,(H,20,21). The van der Waals surface area contributed by atoms with Crippen molar-refractivity contribution >= 4 is 29.2 Å². The van der Waals surface area contributed by atoms with Crippen molar-refractivity contribution in [3.63, 3.8) is 0 Å². The molecule has 0 saturated carbocycles. The number of hydrogen-bond acceptors (Lipinski definition) is 4. The Bertz CT molecular complexity index is 771. The van der Waals surface area contributed by atoms with Gasteiger partial charge in [0.15, 0.2) is 0 Å². The number of rotatable bonds is 4. The summed E-state index contributed by atoms with van der Waals surface area (Å²) < 4.78 is 5.38. The van der Waals surface area contributed by atoms with E-state index >= 15 is 0 Å². The lowest BCUT2D eigenvalue weighted by Crippen LogP contribution is -2.19. The molecule has 2 rings (SSSR count). The summed E-state index contributed by atoms with van der Waals surface area (Å²) in [4.78, 5) is 11.5. The van der Waals surface area contributed by atoms with E-state index in [4.69, 9.17) is 33.2 Å². The highest BCUT2D eigenvalue weighted by Crippen LogP contribution is 2.35. The number of halogens is 2.